The van der Waals surface area contributed by atoms with Crippen LogP contribution in [0.2, 0.25) is 0 Å². The molecule has 0 heterocycles. The van der Waals surface area contributed by atoms with Crippen LogP contribution in [0.1, 0.15) is 63.0 Å². The first kappa shape index (κ1) is 18.5. The number of benzene rings is 1. The van der Waals surface area contributed by atoms with E-state index in [0.29, 0.717) is 4.83 Å². The number of alkyl halides is 4. The van der Waals surface area contributed by atoms with Gasteiger partial charge in [0.05, 0.1) is 5.56 Å². The van der Waals surface area contributed by atoms with Gasteiger partial charge in [-0.1, -0.05) is 73.5 Å². The quantitative estimate of drug-likeness (QED) is 0.335. The first-order valence-corrected chi connectivity index (χ1v) is 8.65. The SMILES string of the molecule is CCCCCCCCC(Br)Cc1ccc(C(F)(F)F)cc1. The Bertz CT molecular complexity index is 384. The van der Waals surface area contributed by atoms with Crippen LogP contribution >= 0.6 is 15.9 Å². The molecule has 0 spiro atoms. The zero-order valence-electron chi connectivity index (χ0n) is 12.6. The Hall–Kier alpha value is -0.510. The van der Waals surface area contributed by atoms with Gasteiger partial charge in [-0.25, -0.2) is 0 Å². The molecule has 1 aromatic rings. The number of hydrogen-bond donors (Lipinski definition) is 0. The summed E-state index contributed by atoms with van der Waals surface area (Å²) in [6, 6.07) is 5.50. The van der Waals surface area contributed by atoms with Gasteiger partial charge in [0.25, 0.3) is 0 Å². The maximum absolute atomic E-state index is 12.5. The van der Waals surface area contributed by atoms with E-state index in [4.69, 9.17) is 0 Å². The zero-order valence-corrected chi connectivity index (χ0v) is 14.1. The summed E-state index contributed by atoms with van der Waals surface area (Å²) < 4.78 is 37.4. The van der Waals surface area contributed by atoms with Gasteiger partial charge in [-0.15, -0.1) is 0 Å². The van der Waals surface area contributed by atoms with E-state index < -0.39 is 11.7 Å². The van der Waals surface area contributed by atoms with Gasteiger partial charge in [-0.2, -0.15) is 13.2 Å². The number of halogens is 4. The molecule has 0 aliphatic heterocycles. The molecule has 4 heteroatoms. The summed E-state index contributed by atoms with van der Waals surface area (Å²) in [4.78, 5) is 0.348. The fourth-order valence-corrected chi connectivity index (χ4v) is 3.03. The van der Waals surface area contributed by atoms with Crippen LogP contribution in [0.4, 0.5) is 13.2 Å². The van der Waals surface area contributed by atoms with Crippen molar-refractivity contribution >= 4 is 15.9 Å². The molecular formula is C17H24BrF3. The third-order valence-electron chi connectivity index (χ3n) is 3.61. The number of unbranched alkanes of at least 4 members (excludes halogenated alkanes) is 5. The lowest BCUT2D eigenvalue weighted by Gasteiger charge is -2.11. The summed E-state index contributed by atoms with van der Waals surface area (Å²) in [5.74, 6) is 0. The maximum atomic E-state index is 12.5. The summed E-state index contributed by atoms with van der Waals surface area (Å²) in [7, 11) is 0. The molecule has 120 valence electrons. The van der Waals surface area contributed by atoms with E-state index in [2.05, 4.69) is 22.9 Å². The lowest BCUT2D eigenvalue weighted by atomic mass is 10.0. The van der Waals surface area contributed by atoms with Gasteiger partial charge in [0.15, 0.2) is 0 Å². The standard InChI is InChI=1S/C17H24BrF3/c1-2-3-4-5-6-7-8-16(18)13-14-9-11-15(12-10-14)17(19,20)21/h9-12,16H,2-8,13H2,1H3. The second-order valence-electron chi connectivity index (χ2n) is 5.55. The van der Waals surface area contributed by atoms with Gasteiger partial charge in [0.1, 0.15) is 0 Å². The summed E-state index contributed by atoms with van der Waals surface area (Å²) in [5.41, 5.74) is 0.379. The van der Waals surface area contributed by atoms with Crippen LogP contribution in [-0.4, -0.2) is 4.83 Å². The van der Waals surface area contributed by atoms with Crippen molar-refractivity contribution in [3.05, 3.63) is 35.4 Å². The van der Waals surface area contributed by atoms with Crippen LogP contribution in [0, 0.1) is 0 Å². The predicted molar refractivity (Wildman–Crippen MR) is 85.9 cm³/mol. The van der Waals surface area contributed by atoms with Crippen molar-refractivity contribution in [3.8, 4) is 0 Å². The number of hydrogen-bond acceptors (Lipinski definition) is 0. The van der Waals surface area contributed by atoms with Gasteiger partial charge in [-0.05, 0) is 30.5 Å². The normalized spacial score (nSPS) is 13.4. The molecule has 0 saturated carbocycles. The van der Waals surface area contributed by atoms with Crippen LogP contribution in [0.3, 0.4) is 0 Å². The monoisotopic (exact) mass is 364 g/mol. The largest absolute Gasteiger partial charge is 0.416 e. The van der Waals surface area contributed by atoms with Gasteiger partial charge < -0.3 is 0 Å². The van der Waals surface area contributed by atoms with Crippen molar-refractivity contribution in [2.45, 2.75) is 69.3 Å². The molecule has 0 aromatic heterocycles. The Balaban J connectivity index is 2.26. The van der Waals surface area contributed by atoms with Crippen molar-refractivity contribution in [3.63, 3.8) is 0 Å². The highest BCUT2D eigenvalue weighted by Gasteiger charge is 2.29. The van der Waals surface area contributed by atoms with Crippen molar-refractivity contribution in [2.24, 2.45) is 0 Å². The van der Waals surface area contributed by atoms with Gasteiger partial charge in [-0.3, -0.25) is 0 Å². The van der Waals surface area contributed by atoms with Crippen molar-refractivity contribution < 1.29 is 13.2 Å². The Labute approximate surface area is 134 Å². The van der Waals surface area contributed by atoms with E-state index in [9.17, 15) is 13.2 Å². The van der Waals surface area contributed by atoms with Crippen LogP contribution < -0.4 is 0 Å². The van der Waals surface area contributed by atoms with Crippen LogP contribution in [0.15, 0.2) is 24.3 Å². The minimum Gasteiger partial charge on any atom is -0.166 e. The summed E-state index contributed by atoms with van der Waals surface area (Å²) in [6.07, 6.45) is 5.20. The molecule has 1 unspecified atom stereocenters. The van der Waals surface area contributed by atoms with Crippen molar-refractivity contribution in [2.75, 3.05) is 0 Å². The van der Waals surface area contributed by atoms with Gasteiger partial charge >= 0.3 is 6.18 Å². The predicted octanol–water partition coefficient (Wildman–Crippen LogP) is 6.76. The average Bonchev–Trinajstić information content (AvgIpc) is 2.42. The Kier molecular flexibility index (Phi) is 8.38. The third kappa shape index (κ3) is 7.89. The first-order valence-electron chi connectivity index (χ1n) is 7.73. The van der Waals surface area contributed by atoms with Crippen molar-refractivity contribution in [1.82, 2.24) is 0 Å². The van der Waals surface area contributed by atoms with Crippen LogP contribution in [0.25, 0.3) is 0 Å². The minimum atomic E-state index is -4.25. The molecule has 0 aliphatic rings. The molecule has 0 bridgehead atoms. The minimum absolute atomic E-state index is 0.348. The summed E-state index contributed by atoms with van der Waals surface area (Å²) in [6.45, 7) is 2.21. The highest BCUT2D eigenvalue weighted by Crippen LogP contribution is 2.29. The molecule has 0 radical (unpaired) electrons. The van der Waals surface area contributed by atoms with E-state index in [-0.39, 0.29) is 0 Å². The van der Waals surface area contributed by atoms with E-state index in [1.54, 1.807) is 12.1 Å². The Morgan fingerprint density at radius 1 is 0.952 bits per heavy atom. The van der Waals surface area contributed by atoms with Crippen LogP contribution in [-0.2, 0) is 12.6 Å². The zero-order chi connectivity index (χ0) is 15.7. The third-order valence-corrected chi connectivity index (χ3v) is 4.39. The average molecular weight is 365 g/mol. The van der Waals surface area contributed by atoms with E-state index >= 15 is 0 Å². The molecule has 1 atom stereocenters. The fraction of sp³-hybridized carbons (Fsp3) is 0.647. The van der Waals surface area contributed by atoms with E-state index in [1.807, 2.05) is 0 Å². The topological polar surface area (TPSA) is 0 Å². The van der Waals surface area contributed by atoms with Gasteiger partial charge in [0, 0.05) is 4.83 Å². The number of rotatable bonds is 9. The molecule has 0 amide bonds. The summed E-state index contributed by atoms with van der Waals surface area (Å²) >= 11 is 3.63. The second kappa shape index (κ2) is 9.50. The van der Waals surface area contributed by atoms with Crippen LogP contribution in [0.5, 0.6) is 0 Å². The molecule has 0 aliphatic carbocycles. The fourth-order valence-electron chi connectivity index (χ4n) is 2.33. The molecular weight excluding hydrogens is 341 g/mol. The van der Waals surface area contributed by atoms with Crippen molar-refractivity contribution in [1.29, 1.82) is 0 Å². The van der Waals surface area contributed by atoms with E-state index in [0.717, 1.165) is 18.4 Å². The molecule has 1 aromatic carbocycles. The Morgan fingerprint density at radius 3 is 2.10 bits per heavy atom. The lowest BCUT2D eigenvalue weighted by molar-refractivity contribution is -0.137. The molecule has 0 nitrogen and oxygen atoms in total. The molecule has 0 saturated heterocycles. The molecule has 0 N–H and O–H groups in total. The second-order valence-corrected chi connectivity index (χ2v) is 6.85. The molecule has 0 fully saturated rings. The molecule has 21 heavy (non-hydrogen) atoms. The Morgan fingerprint density at radius 2 is 1.52 bits per heavy atom. The first-order chi connectivity index (χ1) is 9.93. The summed E-state index contributed by atoms with van der Waals surface area (Å²) in [5, 5.41) is 0. The van der Waals surface area contributed by atoms with Gasteiger partial charge in [0.2, 0.25) is 0 Å². The highest BCUT2D eigenvalue weighted by molar-refractivity contribution is 9.09. The maximum Gasteiger partial charge on any atom is 0.416 e. The molecule has 1 rings (SSSR count). The lowest BCUT2D eigenvalue weighted by Crippen LogP contribution is -2.06. The van der Waals surface area contributed by atoms with E-state index in [1.165, 1.54) is 50.7 Å². The smallest absolute Gasteiger partial charge is 0.166 e. The highest BCUT2D eigenvalue weighted by atomic mass is 79.9.